The molecule has 6 heteroatoms. The molecule has 0 saturated heterocycles. The van der Waals surface area contributed by atoms with Gasteiger partial charge in [0.25, 0.3) is 0 Å². The number of rotatable bonds is 49. The smallest absolute Gasteiger partial charge is 0.306 e. The fraction of sp³-hybridized carbons (Fsp3) is 0.776. The average Bonchev–Trinajstić information content (AvgIpc) is 3.29. The van der Waals surface area contributed by atoms with Crippen LogP contribution in [0.2, 0.25) is 0 Å². The standard InChI is InChI=1S/C58H102O6/c1-4-7-10-13-16-19-22-24-25-26-27-28-29-30-31-32-33-35-36-39-42-45-48-51-57(60)63-54-55(53-62-56(59)50-47-44-41-38-21-18-15-12-9-6-3)64-58(61)52-49-46-43-40-37-34-23-20-17-14-11-8-5-2/h7,10,16,19-20,23-25,27-28,55H,4-6,8-9,11-15,17-18,21-22,26,29-54H2,1-3H3/b10-7-,19-16-,23-20-,25-24-,28-27-. The van der Waals surface area contributed by atoms with Crippen molar-refractivity contribution in [3.63, 3.8) is 0 Å². The van der Waals surface area contributed by atoms with Gasteiger partial charge in [-0.2, -0.15) is 0 Å². The predicted molar refractivity (Wildman–Crippen MR) is 275 cm³/mol. The van der Waals surface area contributed by atoms with E-state index in [0.29, 0.717) is 19.3 Å². The molecule has 0 N–H and O–H groups in total. The molecule has 0 aliphatic rings. The van der Waals surface area contributed by atoms with Crippen LogP contribution in [-0.2, 0) is 28.6 Å². The van der Waals surface area contributed by atoms with Crippen LogP contribution in [0.1, 0.15) is 271 Å². The van der Waals surface area contributed by atoms with Crippen LogP contribution in [0.5, 0.6) is 0 Å². The maximum Gasteiger partial charge on any atom is 0.306 e. The normalized spacial score (nSPS) is 12.5. The molecule has 0 aliphatic heterocycles. The lowest BCUT2D eigenvalue weighted by atomic mass is 10.1. The van der Waals surface area contributed by atoms with Gasteiger partial charge in [-0.1, -0.05) is 229 Å². The van der Waals surface area contributed by atoms with E-state index < -0.39 is 6.10 Å². The van der Waals surface area contributed by atoms with Crippen molar-refractivity contribution >= 4 is 17.9 Å². The molecule has 0 bridgehead atoms. The van der Waals surface area contributed by atoms with Crippen molar-refractivity contribution < 1.29 is 28.6 Å². The summed E-state index contributed by atoms with van der Waals surface area (Å²) in [7, 11) is 0. The van der Waals surface area contributed by atoms with Crippen molar-refractivity contribution in [2.75, 3.05) is 13.2 Å². The van der Waals surface area contributed by atoms with Gasteiger partial charge in [0.05, 0.1) is 0 Å². The first-order valence-corrected chi connectivity index (χ1v) is 27.3. The fourth-order valence-corrected chi connectivity index (χ4v) is 7.66. The summed E-state index contributed by atoms with van der Waals surface area (Å²) >= 11 is 0. The number of ether oxygens (including phenoxy) is 3. The zero-order valence-corrected chi connectivity index (χ0v) is 42.3. The van der Waals surface area contributed by atoms with E-state index in [1.165, 1.54) is 135 Å². The molecule has 64 heavy (non-hydrogen) atoms. The lowest BCUT2D eigenvalue weighted by molar-refractivity contribution is -0.167. The maximum absolute atomic E-state index is 12.8. The molecule has 0 aromatic carbocycles. The van der Waals surface area contributed by atoms with E-state index >= 15 is 0 Å². The number of carbonyl (C=O) groups is 3. The van der Waals surface area contributed by atoms with Crippen molar-refractivity contribution in [1.82, 2.24) is 0 Å². The predicted octanol–water partition coefficient (Wildman–Crippen LogP) is 18.0. The fourth-order valence-electron chi connectivity index (χ4n) is 7.66. The molecule has 0 saturated carbocycles. The van der Waals surface area contributed by atoms with Crippen molar-refractivity contribution in [2.24, 2.45) is 0 Å². The summed E-state index contributed by atoms with van der Waals surface area (Å²) in [5, 5.41) is 0. The molecule has 0 fully saturated rings. The minimum atomic E-state index is -0.776. The Hall–Kier alpha value is -2.89. The summed E-state index contributed by atoms with van der Waals surface area (Å²) in [6.45, 7) is 6.50. The molecule has 1 unspecified atom stereocenters. The lowest BCUT2D eigenvalue weighted by Crippen LogP contribution is -2.30. The number of hydrogen-bond acceptors (Lipinski definition) is 6. The summed E-state index contributed by atoms with van der Waals surface area (Å²) < 4.78 is 16.8. The minimum Gasteiger partial charge on any atom is -0.462 e. The third-order valence-electron chi connectivity index (χ3n) is 11.8. The van der Waals surface area contributed by atoms with E-state index in [1.54, 1.807) is 0 Å². The molecule has 0 amide bonds. The van der Waals surface area contributed by atoms with E-state index in [4.69, 9.17) is 14.2 Å². The molecule has 1 atom stereocenters. The van der Waals surface area contributed by atoms with E-state index in [1.807, 2.05) is 0 Å². The third kappa shape index (κ3) is 50.1. The first-order chi connectivity index (χ1) is 31.5. The van der Waals surface area contributed by atoms with Gasteiger partial charge >= 0.3 is 17.9 Å². The maximum atomic E-state index is 12.8. The average molecular weight is 895 g/mol. The van der Waals surface area contributed by atoms with Crippen LogP contribution >= 0.6 is 0 Å². The van der Waals surface area contributed by atoms with Crippen molar-refractivity contribution in [3.05, 3.63) is 60.8 Å². The highest BCUT2D eigenvalue weighted by atomic mass is 16.6. The van der Waals surface area contributed by atoms with E-state index in [2.05, 4.69) is 81.5 Å². The van der Waals surface area contributed by atoms with Gasteiger partial charge in [0.15, 0.2) is 6.10 Å². The Bertz CT molecular complexity index is 1170. The Balaban J connectivity index is 4.26. The topological polar surface area (TPSA) is 78.9 Å². The van der Waals surface area contributed by atoms with Gasteiger partial charge in [-0.25, -0.2) is 0 Å². The molecule has 370 valence electrons. The van der Waals surface area contributed by atoms with Crippen molar-refractivity contribution in [2.45, 2.75) is 277 Å². The summed E-state index contributed by atoms with van der Waals surface area (Å²) in [6.07, 6.45) is 65.0. The SMILES string of the molecule is CC/C=C\C/C=C\C/C=C\C/C=C\CCCCCCCCCCCCC(=O)OCC(COC(=O)CCCCCCCCCCCC)OC(=O)CCCCCCC/C=C\CCCCCC. The quantitative estimate of drug-likeness (QED) is 0.0262. The Kier molecular flexibility index (Phi) is 50.4. The van der Waals surface area contributed by atoms with Crippen LogP contribution < -0.4 is 0 Å². The number of esters is 3. The van der Waals surface area contributed by atoms with Crippen LogP contribution in [-0.4, -0.2) is 37.2 Å². The lowest BCUT2D eigenvalue weighted by Gasteiger charge is -2.18. The first-order valence-electron chi connectivity index (χ1n) is 27.3. The monoisotopic (exact) mass is 895 g/mol. The van der Waals surface area contributed by atoms with Gasteiger partial charge in [-0.05, 0) is 83.5 Å². The zero-order valence-electron chi connectivity index (χ0n) is 42.3. The Labute approximate surface area is 396 Å². The van der Waals surface area contributed by atoms with Gasteiger partial charge in [0, 0.05) is 19.3 Å². The van der Waals surface area contributed by atoms with E-state index in [-0.39, 0.29) is 31.1 Å². The number of hydrogen-bond donors (Lipinski definition) is 0. The van der Waals surface area contributed by atoms with Gasteiger partial charge in [-0.3, -0.25) is 14.4 Å². The van der Waals surface area contributed by atoms with Crippen LogP contribution in [0.4, 0.5) is 0 Å². The van der Waals surface area contributed by atoms with Crippen LogP contribution in [0.25, 0.3) is 0 Å². The number of unbranched alkanes of at least 4 members (excludes halogenated alkanes) is 28. The Morgan fingerprint density at radius 3 is 0.984 bits per heavy atom. The molecule has 0 rings (SSSR count). The second-order valence-corrected chi connectivity index (χ2v) is 18.1. The second-order valence-electron chi connectivity index (χ2n) is 18.1. The largest absolute Gasteiger partial charge is 0.462 e. The molecule has 0 aromatic rings. The first kappa shape index (κ1) is 61.1. The highest BCUT2D eigenvalue weighted by molar-refractivity contribution is 5.71. The third-order valence-corrected chi connectivity index (χ3v) is 11.8. The molecule has 0 heterocycles. The van der Waals surface area contributed by atoms with Crippen molar-refractivity contribution in [1.29, 1.82) is 0 Å². The van der Waals surface area contributed by atoms with Gasteiger partial charge < -0.3 is 14.2 Å². The Morgan fingerprint density at radius 1 is 0.328 bits per heavy atom. The highest BCUT2D eigenvalue weighted by Gasteiger charge is 2.19. The summed E-state index contributed by atoms with van der Waals surface area (Å²) in [5.41, 5.74) is 0. The van der Waals surface area contributed by atoms with E-state index in [0.717, 1.165) is 96.3 Å². The van der Waals surface area contributed by atoms with Gasteiger partial charge in [0.2, 0.25) is 0 Å². The summed E-state index contributed by atoms with van der Waals surface area (Å²) in [6, 6.07) is 0. The Morgan fingerprint density at radius 2 is 0.609 bits per heavy atom. The second kappa shape index (κ2) is 52.7. The number of allylic oxidation sites excluding steroid dienone is 10. The molecule has 0 radical (unpaired) electrons. The number of carbonyl (C=O) groups excluding carboxylic acids is 3. The molecule has 6 nitrogen and oxygen atoms in total. The van der Waals surface area contributed by atoms with Gasteiger partial charge in [0.1, 0.15) is 13.2 Å². The van der Waals surface area contributed by atoms with E-state index in [9.17, 15) is 14.4 Å². The van der Waals surface area contributed by atoms with Crippen LogP contribution in [0.3, 0.4) is 0 Å². The van der Waals surface area contributed by atoms with Gasteiger partial charge in [-0.15, -0.1) is 0 Å². The summed E-state index contributed by atoms with van der Waals surface area (Å²) in [5.74, 6) is -0.884. The molecule has 0 spiro atoms. The summed E-state index contributed by atoms with van der Waals surface area (Å²) in [4.78, 5) is 38.0. The van der Waals surface area contributed by atoms with Crippen LogP contribution in [0.15, 0.2) is 60.8 Å². The zero-order chi connectivity index (χ0) is 46.5. The minimum absolute atomic E-state index is 0.0764. The highest BCUT2D eigenvalue weighted by Crippen LogP contribution is 2.15. The van der Waals surface area contributed by atoms with Crippen LogP contribution in [0, 0.1) is 0 Å². The molecule has 0 aromatic heterocycles. The van der Waals surface area contributed by atoms with Crippen molar-refractivity contribution in [3.8, 4) is 0 Å². The molecular formula is C58H102O6. The molecule has 0 aliphatic carbocycles. The molecular weight excluding hydrogens is 793 g/mol.